The van der Waals surface area contributed by atoms with Crippen molar-refractivity contribution in [2.24, 2.45) is 0 Å². The molecular formula is C18H25N3S. The molecule has 0 bridgehead atoms. The van der Waals surface area contributed by atoms with Crippen LogP contribution in [-0.4, -0.2) is 45.2 Å². The lowest BCUT2D eigenvalue weighted by Gasteiger charge is -2.35. The number of piperazine rings is 1. The number of hydrogen-bond donors (Lipinski definition) is 1. The van der Waals surface area contributed by atoms with E-state index in [0.717, 1.165) is 26.2 Å². The fraction of sp³-hybridized carbons (Fsp3) is 0.444. The molecule has 22 heavy (non-hydrogen) atoms. The van der Waals surface area contributed by atoms with Gasteiger partial charge in [-0.25, -0.2) is 0 Å². The summed E-state index contributed by atoms with van der Waals surface area (Å²) in [5.41, 5.74) is 4.06. The fourth-order valence-corrected chi connectivity index (χ4v) is 4.17. The Morgan fingerprint density at radius 2 is 1.77 bits per heavy atom. The van der Waals surface area contributed by atoms with Gasteiger partial charge in [-0.1, -0.05) is 12.1 Å². The van der Waals surface area contributed by atoms with Gasteiger partial charge in [0.25, 0.3) is 0 Å². The fourth-order valence-electron chi connectivity index (χ4n) is 3.09. The van der Waals surface area contributed by atoms with Crippen molar-refractivity contribution < 1.29 is 0 Å². The van der Waals surface area contributed by atoms with Crippen molar-refractivity contribution in [2.75, 3.05) is 45.2 Å². The highest BCUT2D eigenvalue weighted by Crippen LogP contribution is 2.35. The van der Waals surface area contributed by atoms with E-state index in [1.54, 1.807) is 0 Å². The van der Waals surface area contributed by atoms with Crippen LogP contribution in [0.1, 0.15) is 22.0 Å². The summed E-state index contributed by atoms with van der Waals surface area (Å²) in [5.74, 6) is 0. The molecule has 3 rings (SSSR count). The SMILES string of the molecule is Cc1ccsc1C(c1ccc(N(C)C)cc1)N1CCNCC1. The number of benzene rings is 1. The predicted octanol–water partition coefficient (Wildman–Crippen LogP) is 3.12. The Labute approximate surface area is 137 Å². The summed E-state index contributed by atoms with van der Waals surface area (Å²) in [5, 5.41) is 5.68. The van der Waals surface area contributed by atoms with Crippen LogP contribution < -0.4 is 10.2 Å². The zero-order chi connectivity index (χ0) is 15.5. The van der Waals surface area contributed by atoms with Crippen LogP contribution in [0.15, 0.2) is 35.7 Å². The first-order chi connectivity index (χ1) is 10.7. The summed E-state index contributed by atoms with van der Waals surface area (Å²) in [4.78, 5) is 6.25. The molecule has 1 atom stereocenters. The van der Waals surface area contributed by atoms with Crippen LogP contribution in [-0.2, 0) is 0 Å². The minimum Gasteiger partial charge on any atom is -0.378 e. The van der Waals surface area contributed by atoms with Gasteiger partial charge in [0.05, 0.1) is 6.04 Å². The largest absolute Gasteiger partial charge is 0.378 e. The molecule has 3 nitrogen and oxygen atoms in total. The van der Waals surface area contributed by atoms with Crippen molar-refractivity contribution in [1.29, 1.82) is 0 Å². The Hall–Kier alpha value is -1.36. The van der Waals surface area contributed by atoms with Gasteiger partial charge in [-0.15, -0.1) is 11.3 Å². The van der Waals surface area contributed by atoms with Crippen LogP contribution in [0.5, 0.6) is 0 Å². The van der Waals surface area contributed by atoms with Crippen LogP contribution in [0.3, 0.4) is 0 Å². The second kappa shape index (κ2) is 6.82. The third-order valence-corrected chi connectivity index (χ3v) is 5.46. The minimum atomic E-state index is 0.387. The Balaban J connectivity index is 1.95. The average molecular weight is 315 g/mol. The lowest BCUT2D eigenvalue weighted by molar-refractivity contribution is 0.200. The smallest absolute Gasteiger partial charge is 0.0699 e. The molecule has 1 fully saturated rings. The van der Waals surface area contributed by atoms with Gasteiger partial charge in [-0.2, -0.15) is 0 Å². The molecule has 1 aromatic carbocycles. The molecule has 0 saturated carbocycles. The molecule has 1 aromatic heterocycles. The van der Waals surface area contributed by atoms with Crippen molar-refractivity contribution in [3.8, 4) is 0 Å². The summed E-state index contributed by atoms with van der Waals surface area (Å²) < 4.78 is 0. The molecule has 0 aliphatic carbocycles. The molecule has 0 radical (unpaired) electrons. The normalized spacial score (nSPS) is 17.4. The second-order valence-electron chi connectivity index (χ2n) is 6.14. The zero-order valence-electron chi connectivity index (χ0n) is 13.7. The van der Waals surface area contributed by atoms with E-state index in [0.29, 0.717) is 6.04 Å². The molecule has 2 aromatic rings. The van der Waals surface area contributed by atoms with Crippen molar-refractivity contribution in [3.63, 3.8) is 0 Å². The highest BCUT2D eigenvalue weighted by molar-refractivity contribution is 7.10. The lowest BCUT2D eigenvalue weighted by Crippen LogP contribution is -2.45. The zero-order valence-corrected chi connectivity index (χ0v) is 14.5. The Morgan fingerprint density at radius 1 is 1.09 bits per heavy atom. The Bertz CT molecular complexity index is 597. The van der Waals surface area contributed by atoms with Crippen molar-refractivity contribution >= 4 is 17.0 Å². The third kappa shape index (κ3) is 3.19. The summed E-state index contributed by atoms with van der Waals surface area (Å²) in [7, 11) is 4.18. The highest BCUT2D eigenvalue weighted by atomic mass is 32.1. The van der Waals surface area contributed by atoms with E-state index in [4.69, 9.17) is 0 Å². The molecule has 118 valence electrons. The molecule has 1 saturated heterocycles. The van der Waals surface area contributed by atoms with E-state index in [9.17, 15) is 0 Å². The second-order valence-corrected chi connectivity index (χ2v) is 7.09. The molecule has 0 spiro atoms. The quantitative estimate of drug-likeness (QED) is 0.935. The van der Waals surface area contributed by atoms with Gasteiger partial charge in [0.2, 0.25) is 0 Å². The van der Waals surface area contributed by atoms with Crippen LogP contribution in [0, 0.1) is 6.92 Å². The maximum absolute atomic E-state index is 3.46. The van der Waals surface area contributed by atoms with Crippen molar-refractivity contribution in [2.45, 2.75) is 13.0 Å². The molecule has 1 N–H and O–H groups in total. The van der Waals surface area contributed by atoms with E-state index in [2.05, 4.69) is 71.8 Å². The summed E-state index contributed by atoms with van der Waals surface area (Å²) >= 11 is 1.88. The van der Waals surface area contributed by atoms with Gasteiger partial charge >= 0.3 is 0 Å². The first-order valence-electron chi connectivity index (χ1n) is 7.93. The van der Waals surface area contributed by atoms with Crippen LogP contribution in [0.2, 0.25) is 0 Å². The van der Waals surface area contributed by atoms with E-state index >= 15 is 0 Å². The van der Waals surface area contributed by atoms with Gasteiger partial charge in [0.1, 0.15) is 0 Å². The van der Waals surface area contributed by atoms with Gasteiger partial charge in [-0.3, -0.25) is 4.90 Å². The summed E-state index contributed by atoms with van der Waals surface area (Å²) in [6.07, 6.45) is 0. The molecule has 4 heteroatoms. The Morgan fingerprint density at radius 3 is 2.32 bits per heavy atom. The third-order valence-electron chi connectivity index (χ3n) is 4.39. The molecule has 1 unspecified atom stereocenters. The topological polar surface area (TPSA) is 18.5 Å². The van der Waals surface area contributed by atoms with Gasteiger partial charge in [0, 0.05) is 50.8 Å². The van der Waals surface area contributed by atoms with Crippen molar-refractivity contribution in [1.82, 2.24) is 10.2 Å². The molecule has 1 aliphatic rings. The standard InChI is InChI=1S/C18H25N3S/c1-14-8-13-22-18(14)17(21-11-9-19-10-12-21)15-4-6-16(7-5-15)20(2)3/h4-8,13,17,19H,9-12H2,1-3H3. The first-order valence-corrected chi connectivity index (χ1v) is 8.81. The molecule has 1 aliphatic heterocycles. The minimum absolute atomic E-state index is 0.387. The van der Waals surface area contributed by atoms with Crippen LogP contribution >= 0.6 is 11.3 Å². The summed E-state index contributed by atoms with van der Waals surface area (Å²) in [6.45, 7) is 6.61. The van der Waals surface area contributed by atoms with Gasteiger partial charge in [-0.05, 0) is 41.6 Å². The molecule has 0 amide bonds. The van der Waals surface area contributed by atoms with Crippen LogP contribution in [0.4, 0.5) is 5.69 Å². The van der Waals surface area contributed by atoms with E-state index in [-0.39, 0.29) is 0 Å². The Kier molecular flexibility index (Phi) is 4.81. The molecule has 2 heterocycles. The highest BCUT2D eigenvalue weighted by Gasteiger charge is 2.26. The maximum Gasteiger partial charge on any atom is 0.0699 e. The molecular weight excluding hydrogens is 290 g/mol. The summed E-state index contributed by atoms with van der Waals surface area (Å²) in [6, 6.07) is 11.7. The van der Waals surface area contributed by atoms with E-state index in [1.165, 1.54) is 21.7 Å². The van der Waals surface area contributed by atoms with Crippen LogP contribution in [0.25, 0.3) is 0 Å². The number of nitrogens with zero attached hydrogens (tertiary/aromatic N) is 2. The van der Waals surface area contributed by atoms with Crippen molar-refractivity contribution in [3.05, 3.63) is 51.7 Å². The lowest BCUT2D eigenvalue weighted by atomic mass is 10.00. The number of anilines is 1. The number of thiophene rings is 1. The van der Waals surface area contributed by atoms with E-state index in [1.807, 2.05) is 11.3 Å². The van der Waals surface area contributed by atoms with Gasteiger partial charge in [0.15, 0.2) is 0 Å². The monoisotopic (exact) mass is 315 g/mol. The number of hydrogen-bond acceptors (Lipinski definition) is 4. The predicted molar refractivity (Wildman–Crippen MR) is 96.1 cm³/mol. The number of aryl methyl sites for hydroxylation is 1. The number of nitrogens with one attached hydrogen (secondary N) is 1. The average Bonchev–Trinajstić information content (AvgIpc) is 2.95. The first kappa shape index (κ1) is 15.5. The van der Waals surface area contributed by atoms with Gasteiger partial charge < -0.3 is 10.2 Å². The number of rotatable bonds is 4. The maximum atomic E-state index is 3.46. The van der Waals surface area contributed by atoms with E-state index < -0.39 is 0 Å².